The number of nitrogens with zero attached hydrogens (tertiary/aromatic N) is 3. The number of piperazine rings is 1. The third-order valence-electron chi connectivity index (χ3n) is 5.96. The second-order valence-corrected chi connectivity index (χ2v) is 8.27. The molecule has 0 atom stereocenters. The number of halogens is 3. The SMILES string of the molecule is Nc1nc2c(c(N3CCNCC3)n1)CCc1cc(OCc3ccc(OC(F)(F)F)cc3)ccc1-2. The van der Waals surface area contributed by atoms with E-state index in [9.17, 15) is 13.2 Å². The number of aromatic nitrogens is 2. The van der Waals surface area contributed by atoms with Crippen molar-refractivity contribution in [3.05, 3.63) is 59.2 Å². The van der Waals surface area contributed by atoms with Gasteiger partial charge in [0, 0.05) is 37.3 Å². The first-order valence-electron chi connectivity index (χ1n) is 11.1. The lowest BCUT2D eigenvalue weighted by Gasteiger charge is -2.32. The molecule has 2 heterocycles. The average Bonchev–Trinajstić information content (AvgIpc) is 2.82. The summed E-state index contributed by atoms with van der Waals surface area (Å²) in [6.45, 7) is 3.81. The van der Waals surface area contributed by atoms with Crippen LogP contribution in [0.15, 0.2) is 42.5 Å². The molecule has 178 valence electrons. The molecule has 1 aliphatic heterocycles. The molecular weight excluding hydrogens is 447 g/mol. The molecule has 0 amide bonds. The molecule has 0 radical (unpaired) electrons. The summed E-state index contributed by atoms with van der Waals surface area (Å²) in [6, 6.07) is 11.5. The van der Waals surface area contributed by atoms with E-state index in [0.29, 0.717) is 5.75 Å². The average molecular weight is 471 g/mol. The smallest absolute Gasteiger partial charge is 0.489 e. The molecule has 0 saturated carbocycles. The lowest BCUT2D eigenvalue weighted by atomic mass is 9.88. The highest BCUT2D eigenvalue weighted by Gasteiger charge is 2.31. The van der Waals surface area contributed by atoms with Crippen molar-refractivity contribution in [1.29, 1.82) is 0 Å². The van der Waals surface area contributed by atoms with Gasteiger partial charge in [-0.1, -0.05) is 12.1 Å². The maximum Gasteiger partial charge on any atom is 0.573 e. The van der Waals surface area contributed by atoms with Gasteiger partial charge in [-0.05, 0) is 54.3 Å². The minimum atomic E-state index is -4.71. The summed E-state index contributed by atoms with van der Waals surface area (Å²) < 4.78 is 46.7. The number of alkyl halides is 3. The van der Waals surface area contributed by atoms with E-state index in [1.54, 1.807) is 12.1 Å². The zero-order chi connectivity index (χ0) is 23.7. The van der Waals surface area contributed by atoms with Gasteiger partial charge in [0.1, 0.15) is 23.9 Å². The quantitative estimate of drug-likeness (QED) is 0.587. The van der Waals surface area contributed by atoms with E-state index < -0.39 is 6.36 Å². The predicted molar refractivity (Wildman–Crippen MR) is 122 cm³/mol. The van der Waals surface area contributed by atoms with Crippen molar-refractivity contribution in [2.45, 2.75) is 25.8 Å². The van der Waals surface area contributed by atoms with Crippen LogP contribution in [0.1, 0.15) is 16.7 Å². The van der Waals surface area contributed by atoms with Crippen molar-refractivity contribution in [2.75, 3.05) is 36.8 Å². The molecule has 1 aliphatic carbocycles. The minimum absolute atomic E-state index is 0.226. The number of nitrogens with one attached hydrogen (secondary N) is 1. The number of anilines is 2. The van der Waals surface area contributed by atoms with Crippen molar-refractivity contribution in [3.8, 4) is 22.8 Å². The van der Waals surface area contributed by atoms with Crippen LogP contribution in [0.4, 0.5) is 24.9 Å². The fourth-order valence-corrected chi connectivity index (χ4v) is 4.39. The van der Waals surface area contributed by atoms with Crippen molar-refractivity contribution < 1.29 is 22.6 Å². The zero-order valence-electron chi connectivity index (χ0n) is 18.4. The lowest BCUT2D eigenvalue weighted by molar-refractivity contribution is -0.274. The molecule has 5 rings (SSSR count). The third-order valence-corrected chi connectivity index (χ3v) is 5.96. The molecule has 3 N–H and O–H groups in total. The Kier molecular flexibility index (Phi) is 5.91. The van der Waals surface area contributed by atoms with E-state index in [2.05, 4.69) is 24.9 Å². The van der Waals surface area contributed by atoms with Gasteiger partial charge in [-0.15, -0.1) is 13.2 Å². The van der Waals surface area contributed by atoms with E-state index >= 15 is 0 Å². The molecule has 0 bridgehead atoms. The Labute approximate surface area is 194 Å². The summed E-state index contributed by atoms with van der Waals surface area (Å²) in [5.41, 5.74) is 10.9. The van der Waals surface area contributed by atoms with Crippen LogP contribution in [0.5, 0.6) is 11.5 Å². The Hall–Kier alpha value is -3.53. The maximum atomic E-state index is 12.3. The fourth-order valence-electron chi connectivity index (χ4n) is 4.39. The van der Waals surface area contributed by atoms with Crippen LogP contribution in [0.25, 0.3) is 11.3 Å². The number of nitrogen functional groups attached to an aromatic ring is 1. The second kappa shape index (κ2) is 9.02. The number of rotatable bonds is 5. The van der Waals surface area contributed by atoms with E-state index in [1.165, 1.54) is 12.1 Å². The number of nitrogens with two attached hydrogens (primary N) is 1. The van der Waals surface area contributed by atoms with E-state index in [-0.39, 0.29) is 18.3 Å². The molecule has 0 unspecified atom stereocenters. The lowest BCUT2D eigenvalue weighted by Crippen LogP contribution is -2.44. The Morgan fingerprint density at radius 1 is 0.971 bits per heavy atom. The number of hydrogen-bond donors (Lipinski definition) is 2. The zero-order valence-corrected chi connectivity index (χ0v) is 18.4. The maximum absolute atomic E-state index is 12.3. The topological polar surface area (TPSA) is 85.5 Å². The Balaban J connectivity index is 1.32. The van der Waals surface area contributed by atoms with Gasteiger partial charge in [-0.3, -0.25) is 0 Å². The summed E-state index contributed by atoms with van der Waals surface area (Å²) in [5, 5.41) is 3.35. The van der Waals surface area contributed by atoms with Gasteiger partial charge < -0.3 is 25.4 Å². The number of hydrogen-bond acceptors (Lipinski definition) is 7. The first-order valence-corrected chi connectivity index (χ1v) is 11.1. The van der Waals surface area contributed by atoms with Crippen LogP contribution >= 0.6 is 0 Å². The van der Waals surface area contributed by atoms with Gasteiger partial charge in [0.05, 0.1) is 5.69 Å². The van der Waals surface area contributed by atoms with Gasteiger partial charge >= 0.3 is 6.36 Å². The Bertz CT molecular complexity index is 1180. The molecule has 34 heavy (non-hydrogen) atoms. The summed E-state index contributed by atoms with van der Waals surface area (Å²) in [6.07, 6.45) is -3.07. The van der Waals surface area contributed by atoms with Crippen molar-refractivity contribution in [1.82, 2.24) is 15.3 Å². The van der Waals surface area contributed by atoms with E-state index in [4.69, 9.17) is 10.5 Å². The van der Waals surface area contributed by atoms with E-state index in [1.807, 2.05) is 18.2 Å². The fraction of sp³-hybridized carbons (Fsp3) is 0.333. The molecule has 10 heteroatoms. The highest BCUT2D eigenvalue weighted by molar-refractivity contribution is 5.76. The third kappa shape index (κ3) is 4.86. The predicted octanol–water partition coefficient (Wildman–Crippen LogP) is 3.71. The second-order valence-electron chi connectivity index (χ2n) is 8.27. The van der Waals surface area contributed by atoms with Crippen LogP contribution < -0.4 is 25.4 Å². The molecule has 1 aromatic heterocycles. The summed E-state index contributed by atoms with van der Waals surface area (Å²) in [5.74, 6) is 1.61. The monoisotopic (exact) mass is 471 g/mol. The molecule has 2 aliphatic rings. The molecule has 3 aromatic rings. The molecule has 2 aromatic carbocycles. The van der Waals surface area contributed by atoms with Gasteiger partial charge in [0.25, 0.3) is 0 Å². The normalized spacial score (nSPS) is 15.4. The van der Waals surface area contributed by atoms with Crippen LogP contribution in [-0.4, -0.2) is 42.5 Å². The van der Waals surface area contributed by atoms with Crippen LogP contribution in [0.2, 0.25) is 0 Å². The first kappa shape index (κ1) is 22.3. The molecular formula is C24H24F3N5O2. The van der Waals surface area contributed by atoms with Crippen molar-refractivity contribution >= 4 is 11.8 Å². The van der Waals surface area contributed by atoms with E-state index in [0.717, 1.165) is 72.8 Å². The summed E-state index contributed by atoms with van der Waals surface area (Å²) in [4.78, 5) is 11.4. The van der Waals surface area contributed by atoms with Gasteiger partial charge in [0.2, 0.25) is 5.95 Å². The molecule has 1 saturated heterocycles. The minimum Gasteiger partial charge on any atom is -0.489 e. The molecule has 7 nitrogen and oxygen atoms in total. The van der Waals surface area contributed by atoms with Crippen molar-refractivity contribution in [3.63, 3.8) is 0 Å². The summed E-state index contributed by atoms with van der Waals surface area (Å²) >= 11 is 0. The van der Waals surface area contributed by atoms with Crippen molar-refractivity contribution in [2.24, 2.45) is 0 Å². The van der Waals surface area contributed by atoms with Gasteiger partial charge in [-0.25, -0.2) is 4.98 Å². The summed E-state index contributed by atoms with van der Waals surface area (Å²) in [7, 11) is 0. The highest BCUT2D eigenvalue weighted by Crippen LogP contribution is 2.38. The Morgan fingerprint density at radius 2 is 1.71 bits per heavy atom. The number of aryl methyl sites for hydroxylation is 1. The standard InChI is InChI=1S/C24H24F3N5O2/c25-24(26,27)34-17-4-1-15(2-5-17)14-33-18-6-8-19-16(13-18)3-7-20-21(19)30-23(28)31-22(20)32-11-9-29-10-12-32/h1-2,4-6,8,13,29H,3,7,9-12,14H2,(H2,28,30,31). The van der Waals surface area contributed by atoms with Gasteiger partial charge in [0.15, 0.2) is 0 Å². The molecule has 1 fully saturated rings. The molecule has 0 spiro atoms. The largest absolute Gasteiger partial charge is 0.573 e. The Morgan fingerprint density at radius 3 is 2.44 bits per heavy atom. The number of ether oxygens (including phenoxy) is 2. The van der Waals surface area contributed by atoms with Crippen LogP contribution in [0, 0.1) is 0 Å². The highest BCUT2D eigenvalue weighted by atomic mass is 19.4. The number of fused-ring (bicyclic) bond motifs is 3. The van der Waals surface area contributed by atoms with Crippen LogP contribution in [0.3, 0.4) is 0 Å². The van der Waals surface area contributed by atoms with Crippen LogP contribution in [-0.2, 0) is 19.4 Å². The number of benzene rings is 2. The first-order chi connectivity index (χ1) is 16.4. The van der Waals surface area contributed by atoms with Gasteiger partial charge in [-0.2, -0.15) is 4.98 Å².